The maximum absolute atomic E-state index is 13.0. The molecule has 3 aromatic carbocycles. The molecule has 0 fully saturated rings. The molecule has 9 heteroatoms. The average molecular weight is 470 g/mol. The van der Waals surface area contributed by atoms with Gasteiger partial charge in [0.1, 0.15) is 17.1 Å². The van der Waals surface area contributed by atoms with Crippen LogP contribution in [0.5, 0.6) is 11.5 Å². The van der Waals surface area contributed by atoms with Crippen LogP contribution in [0.2, 0.25) is 0 Å². The Labute approximate surface area is 194 Å². The molecule has 6 nitrogen and oxygen atoms in total. The minimum Gasteiger partial charge on any atom is -0.497 e. The summed E-state index contributed by atoms with van der Waals surface area (Å²) in [6, 6.07) is 17.1. The lowest BCUT2D eigenvalue weighted by Crippen LogP contribution is -2.25. The second kappa shape index (κ2) is 10.6. The first-order chi connectivity index (χ1) is 16.2. The minimum atomic E-state index is -4.50. The average Bonchev–Trinajstić information content (AvgIpc) is 2.82. The number of alkyl halides is 3. The summed E-state index contributed by atoms with van der Waals surface area (Å²) in [5.41, 5.74) is -0.170. The van der Waals surface area contributed by atoms with Crippen molar-refractivity contribution in [1.29, 1.82) is 0 Å². The zero-order valence-electron chi connectivity index (χ0n) is 18.3. The number of nitrogens with one attached hydrogen (secondary N) is 2. The molecule has 0 unspecified atom stereocenters. The maximum Gasteiger partial charge on any atom is 0.416 e. The Balaban J connectivity index is 1.93. The van der Waals surface area contributed by atoms with Crippen molar-refractivity contribution >= 4 is 29.3 Å². The number of ether oxygens (including phenoxy) is 2. The highest BCUT2D eigenvalue weighted by molar-refractivity contribution is 6.28. The summed E-state index contributed by atoms with van der Waals surface area (Å²) in [6.07, 6.45) is -3.29. The van der Waals surface area contributed by atoms with Gasteiger partial charge in [0.15, 0.2) is 0 Å². The van der Waals surface area contributed by atoms with Crippen molar-refractivity contribution in [1.82, 2.24) is 0 Å². The van der Waals surface area contributed by atoms with Crippen molar-refractivity contribution in [3.05, 3.63) is 89.5 Å². The van der Waals surface area contributed by atoms with E-state index in [0.29, 0.717) is 22.9 Å². The highest BCUT2D eigenvalue weighted by Gasteiger charge is 2.30. The van der Waals surface area contributed by atoms with E-state index in [4.69, 9.17) is 9.47 Å². The van der Waals surface area contributed by atoms with Crippen molar-refractivity contribution in [2.45, 2.75) is 6.18 Å². The number of hydrogen-bond acceptors (Lipinski definition) is 4. The number of carbonyl (C=O) groups excluding carboxylic acids is 2. The van der Waals surface area contributed by atoms with E-state index in [9.17, 15) is 22.8 Å². The molecule has 0 spiro atoms. The second-order valence-corrected chi connectivity index (χ2v) is 7.05. The molecule has 0 radical (unpaired) electrons. The zero-order valence-corrected chi connectivity index (χ0v) is 18.3. The van der Waals surface area contributed by atoms with Gasteiger partial charge in [-0.05, 0) is 48.0 Å². The molecule has 0 bridgehead atoms. The quantitative estimate of drug-likeness (QED) is 0.276. The fraction of sp³-hybridized carbons (Fsp3) is 0.120. The Morgan fingerprint density at radius 2 is 1.24 bits per heavy atom. The van der Waals surface area contributed by atoms with Crippen molar-refractivity contribution in [2.75, 3.05) is 24.9 Å². The van der Waals surface area contributed by atoms with Gasteiger partial charge in [0.25, 0.3) is 11.8 Å². The Hall–Kier alpha value is -4.27. The van der Waals surface area contributed by atoms with Gasteiger partial charge in [0, 0.05) is 23.5 Å². The zero-order chi connectivity index (χ0) is 24.7. The third-order valence-corrected chi connectivity index (χ3v) is 4.69. The lowest BCUT2D eigenvalue weighted by atomic mass is 10.1. The van der Waals surface area contributed by atoms with Crippen molar-refractivity contribution in [3.8, 4) is 11.5 Å². The summed E-state index contributed by atoms with van der Waals surface area (Å²) in [5, 5.41) is 5.22. The summed E-state index contributed by atoms with van der Waals surface area (Å²) in [4.78, 5) is 26.0. The van der Waals surface area contributed by atoms with Gasteiger partial charge in [-0.25, -0.2) is 0 Å². The van der Waals surface area contributed by atoms with E-state index >= 15 is 0 Å². The van der Waals surface area contributed by atoms with Crippen LogP contribution < -0.4 is 20.1 Å². The molecule has 0 saturated carbocycles. The summed E-state index contributed by atoms with van der Waals surface area (Å²) in [6.45, 7) is 0. The number of anilines is 2. The van der Waals surface area contributed by atoms with E-state index in [1.165, 1.54) is 32.4 Å². The number of halogens is 3. The Morgan fingerprint density at radius 1 is 0.765 bits per heavy atom. The highest BCUT2D eigenvalue weighted by atomic mass is 19.4. The molecule has 0 aliphatic rings. The molecule has 2 amide bonds. The van der Waals surface area contributed by atoms with Gasteiger partial charge in [-0.2, -0.15) is 13.2 Å². The van der Waals surface area contributed by atoms with E-state index in [0.717, 1.165) is 12.1 Å². The fourth-order valence-electron chi connectivity index (χ4n) is 2.97. The normalized spacial score (nSPS) is 10.7. The van der Waals surface area contributed by atoms with Crippen LogP contribution in [0.4, 0.5) is 24.5 Å². The summed E-state index contributed by atoms with van der Waals surface area (Å²) in [5.74, 6) is -0.527. The SMILES string of the molecule is COc1cccc(NC(=O)C(=Cc2ccc(C(F)(F)F)cc2)C(=O)Nc2cccc(OC)c2)c1. The lowest BCUT2D eigenvalue weighted by molar-refractivity contribution is -0.137. The molecule has 0 heterocycles. The topological polar surface area (TPSA) is 76.7 Å². The van der Waals surface area contributed by atoms with Crippen LogP contribution >= 0.6 is 0 Å². The number of hydrogen-bond donors (Lipinski definition) is 2. The third kappa shape index (κ3) is 6.38. The van der Waals surface area contributed by atoms with Gasteiger partial charge in [-0.1, -0.05) is 24.3 Å². The standard InChI is InChI=1S/C25H21F3N2O4/c1-33-20-7-3-5-18(14-20)29-23(31)22(13-16-9-11-17(12-10-16)25(26,27)28)24(32)30-19-6-4-8-21(15-19)34-2/h3-15H,1-2H3,(H,29,31)(H,30,32). The molecular formula is C25H21F3N2O4. The van der Waals surface area contributed by atoms with Gasteiger partial charge in [0.05, 0.1) is 19.8 Å². The lowest BCUT2D eigenvalue weighted by Gasteiger charge is -2.12. The monoisotopic (exact) mass is 470 g/mol. The largest absolute Gasteiger partial charge is 0.497 e. The molecule has 176 valence electrons. The predicted octanol–water partition coefficient (Wildman–Crippen LogP) is 5.38. The van der Waals surface area contributed by atoms with Crippen molar-refractivity contribution in [3.63, 3.8) is 0 Å². The number of carbonyl (C=O) groups is 2. The molecule has 0 aliphatic carbocycles. The van der Waals surface area contributed by atoms with Gasteiger partial charge >= 0.3 is 6.18 Å². The van der Waals surface area contributed by atoms with Crippen molar-refractivity contribution < 1.29 is 32.2 Å². The van der Waals surface area contributed by atoms with Crippen molar-refractivity contribution in [2.24, 2.45) is 0 Å². The third-order valence-electron chi connectivity index (χ3n) is 4.69. The van der Waals surface area contributed by atoms with Crippen LogP contribution in [0.25, 0.3) is 6.08 Å². The van der Waals surface area contributed by atoms with Gasteiger partial charge < -0.3 is 20.1 Å². The van der Waals surface area contributed by atoms with E-state index < -0.39 is 23.6 Å². The van der Waals surface area contributed by atoms with Crippen LogP contribution in [0.3, 0.4) is 0 Å². The number of benzene rings is 3. The minimum absolute atomic E-state index is 0.240. The molecule has 2 N–H and O–H groups in total. The molecule has 0 saturated heterocycles. The van der Waals surface area contributed by atoms with E-state index in [-0.39, 0.29) is 11.1 Å². The second-order valence-electron chi connectivity index (χ2n) is 7.05. The summed E-state index contributed by atoms with van der Waals surface area (Å²) < 4.78 is 48.9. The first kappa shape index (κ1) is 24.4. The number of rotatable bonds is 7. The first-order valence-corrected chi connectivity index (χ1v) is 9.99. The van der Waals surface area contributed by atoms with E-state index in [2.05, 4.69) is 10.6 Å². The molecular weight excluding hydrogens is 449 g/mol. The van der Waals surface area contributed by atoms with Gasteiger partial charge in [-0.3, -0.25) is 9.59 Å². The first-order valence-electron chi connectivity index (χ1n) is 9.99. The van der Waals surface area contributed by atoms with Crippen LogP contribution in [0.15, 0.2) is 78.4 Å². The van der Waals surface area contributed by atoms with Crippen LogP contribution in [-0.2, 0) is 15.8 Å². The molecule has 3 rings (SSSR count). The van der Waals surface area contributed by atoms with Crippen LogP contribution in [0, 0.1) is 0 Å². The summed E-state index contributed by atoms with van der Waals surface area (Å²) >= 11 is 0. The highest BCUT2D eigenvalue weighted by Crippen LogP contribution is 2.29. The van der Waals surface area contributed by atoms with E-state index in [1.807, 2.05) is 0 Å². The maximum atomic E-state index is 13.0. The van der Waals surface area contributed by atoms with Gasteiger partial charge in [0.2, 0.25) is 0 Å². The molecule has 0 atom stereocenters. The number of methoxy groups -OCH3 is 2. The molecule has 34 heavy (non-hydrogen) atoms. The Kier molecular flexibility index (Phi) is 7.57. The molecule has 0 aromatic heterocycles. The summed E-state index contributed by atoms with van der Waals surface area (Å²) in [7, 11) is 2.94. The fourth-order valence-corrected chi connectivity index (χ4v) is 2.97. The van der Waals surface area contributed by atoms with Crippen LogP contribution in [0.1, 0.15) is 11.1 Å². The van der Waals surface area contributed by atoms with Gasteiger partial charge in [-0.15, -0.1) is 0 Å². The smallest absolute Gasteiger partial charge is 0.416 e. The predicted molar refractivity (Wildman–Crippen MR) is 123 cm³/mol. The molecule has 0 aliphatic heterocycles. The number of amides is 2. The Bertz CT molecular complexity index is 1140. The Morgan fingerprint density at radius 3 is 1.65 bits per heavy atom. The van der Waals surface area contributed by atoms with Crippen LogP contribution in [-0.4, -0.2) is 26.0 Å². The molecule has 3 aromatic rings. The van der Waals surface area contributed by atoms with E-state index in [1.54, 1.807) is 48.5 Å².